The van der Waals surface area contributed by atoms with E-state index in [1.165, 1.54) is 17.7 Å². The Kier molecular flexibility index (Phi) is 4.27. The second-order valence-electron chi connectivity index (χ2n) is 7.36. The van der Waals surface area contributed by atoms with Crippen molar-refractivity contribution in [1.82, 2.24) is 25.2 Å². The molecule has 0 fully saturated rings. The Bertz CT molecular complexity index is 667. The van der Waals surface area contributed by atoms with E-state index < -0.39 is 0 Å². The molecule has 1 N–H and O–H groups in total. The summed E-state index contributed by atoms with van der Waals surface area (Å²) in [5.74, 6) is 1.43. The third-order valence-corrected chi connectivity index (χ3v) is 4.44. The molecular weight excluding hydrogens is 290 g/mol. The Morgan fingerprint density at radius 3 is 2.87 bits per heavy atom. The van der Waals surface area contributed by atoms with E-state index in [2.05, 4.69) is 52.9 Å². The fourth-order valence-corrected chi connectivity index (χ4v) is 3.27. The van der Waals surface area contributed by atoms with Gasteiger partial charge in [0, 0.05) is 23.7 Å². The number of rotatable bonds is 4. The molecule has 0 saturated heterocycles. The van der Waals surface area contributed by atoms with E-state index in [1.807, 2.05) is 13.1 Å². The Morgan fingerprint density at radius 1 is 1.43 bits per heavy atom. The van der Waals surface area contributed by atoms with Gasteiger partial charge < -0.3 is 4.52 Å². The molecule has 0 bridgehead atoms. The van der Waals surface area contributed by atoms with Gasteiger partial charge in [-0.1, -0.05) is 12.1 Å². The van der Waals surface area contributed by atoms with Crippen LogP contribution >= 0.6 is 0 Å². The van der Waals surface area contributed by atoms with Crippen LogP contribution in [0.3, 0.4) is 0 Å². The molecule has 6 heteroatoms. The first-order chi connectivity index (χ1) is 10.9. The first kappa shape index (κ1) is 16.2. The molecule has 0 aromatic carbocycles. The number of hydrogen-bond acceptors (Lipinski definition) is 5. The summed E-state index contributed by atoms with van der Waals surface area (Å²) >= 11 is 0. The van der Waals surface area contributed by atoms with Crippen molar-refractivity contribution in [2.45, 2.75) is 77.9 Å². The minimum atomic E-state index is 0.0175. The summed E-state index contributed by atoms with van der Waals surface area (Å²) in [6.45, 7) is 10.7. The molecule has 3 rings (SSSR count). The molecule has 0 aliphatic heterocycles. The number of nitrogens with one attached hydrogen (secondary N) is 1. The van der Waals surface area contributed by atoms with E-state index >= 15 is 0 Å². The van der Waals surface area contributed by atoms with E-state index in [9.17, 15) is 0 Å². The monoisotopic (exact) mass is 317 g/mol. The SMILES string of the molecule is CCc1noc(C(C)NC2CCCc3c2cnn3C(C)(C)C)n1. The van der Waals surface area contributed by atoms with Crippen LogP contribution in [0.4, 0.5) is 0 Å². The van der Waals surface area contributed by atoms with Gasteiger partial charge in [-0.25, -0.2) is 0 Å². The molecule has 2 unspecified atom stereocenters. The van der Waals surface area contributed by atoms with E-state index in [0.29, 0.717) is 11.9 Å². The fraction of sp³-hybridized carbons (Fsp3) is 0.706. The van der Waals surface area contributed by atoms with Crippen LogP contribution in [0.2, 0.25) is 0 Å². The standard InChI is InChI=1S/C17H27N5O/c1-6-15-20-16(23-21-15)11(2)19-13-8-7-9-14-12(13)10-18-22(14)17(3,4)5/h10-11,13,19H,6-9H2,1-5H3. The molecule has 2 heterocycles. The lowest BCUT2D eigenvalue weighted by atomic mass is 9.91. The summed E-state index contributed by atoms with van der Waals surface area (Å²) in [6.07, 6.45) is 6.20. The van der Waals surface area contributed by atoms with Crippen molar-refractivity contribution >= 4 is 0 Å². The summed E-state index contributed by atoms with van der Waals surface area (Å²) in [5.41, 5.74) is 2.69. The molecule has 0 spiro atoms. The van der Waals surface area contributed by atoms with Crippen molar-refractivity contribution in [3.8, 4) is 0 Å². The predicted octanol–water partition coefficient (Wildman–Crippen LogP) is 3.31. The minimum Gasteiger partial charge on any atom is -0.338 e. The smallest absolute Gasteiger partial charge is 0.243 e. The van der Waals surface area contributed by atoms with Crippen LogP contribution in [0.1, 0.15) is 82.5 Å². The van der Waals surface area contributed by atoms with Crippen molar-refractivity contribution in [3.05, 3.63) is 29.2 Å². The molecule has 2 aromatic heterocycles. The zero-order chi connectivity index (χ0) is 16.6. The quantitative estimate of drug-likeness (QED) is 0.937. The van der Waals surface area contributed by atoms with Crippen LogP contribution < -0.4 is 5.32 Å². The lowest BCUT2D eigenvalue weighted by Crippen LogP contribution is -2.30. The molecule has 126 valence electrons. The highest BCUT2D eigenvalue weighted by Gasteiger charge is 2.29. The van der Waals surface area contributed by atoms with Gasteiger partial charge in [0.2, 0.25) is 5.89 Å². The van der Waals surface area contributed by atoms with Gasteiger partial charge in [0.1, 0.15) is 0 Å². The predicted molar refractivity (Wildman–Crippen MR) is 88.1 cm³/mol. The molecule has 23 heavy (non-hydrogen) atoms. The highest BCUT2D eigenvalue weighted by atomic mass is 16.5. The first-order valence-electron chi connectivity index (χ1n) is 8.56. The van der Waals surface area contributed by atoms with Crippen molar-refractivity contribution in [1.29, 1.82) is 0 Å². The summed E-state index contributed by atoms with van der Waals surface area (Å²) in [7, 11) is 0. The summed E-state index contributed by atoms with van der Waals surface area (Å²) in [4.78, 5) is 4.43. The summed E-state index contributed by atoms with van der Waals surface area (Å²) < 4.78 is 7.53. The highest BCUT2D eigenvalue weighted by Crippen LogP contribution is 2.33. The number of nitrogens with zero attached hydrogens (tertiary/aromatic N) is 4. The van der Waals surface area contributed by atoms with Crippen LogP contribution in [0.5, 0.6) is 0 Å². The lowest BCUT2D eigenvalue weighted by molar-refractivity contribution is 0.305. The van der Waals surface area contributed by atoms with Crippen LogP contribution in [-0.4, -0.2) is 19.9 Å². The summed E-state index contributed by atoms with van der Waals surface area (Å²) in [5, 5.41) is 12.3. The Labute approximate surface area is 137 Å². The maximum absolute atomic E-state index is 5.36. The highest BCUT2D eigenvalue weighted by molar-refractivity contribution is 5.26. The molecule has 0 saturated carbocycles. The second-order valence-corrected chi connectivity index (χ2v) is 7.36. The van der Waals surface area contributed by atoms with Gasteiger partial charge in [0.05, 0.1) is 17.8 Å². The first-order valence-corrected chi connectivity index (χ1v) is 8.56. The van der Waals surface area contributed by atoms with Crippen molar-refractivity contribution in [2.75, 3.05) is 0 Å². The maximum Gasteiger partial charge on any atom is 0.243 e. The van der Waals surface area contributed by atoms with E-state index in [4.69, 9.17) is 4.52 Å². The van der Waals surface area contributed by atoms with Crippen LogP contribution in [0.25, 0.3) is 0 Å². The molecule has 0 amide bonds. The fourth-order valence-electron chi connectivity index (χ4n) is 3.27. The van der Waals surface area contributed by atoms with Gasteiger partial charge >= 0.3 is 0 Å². The van der Waals surface area contributed by atoms with Gasteiger partial charge in [0.15, 0.2) is 5.82 Å². The molecule has 6 nitrogen and oxygen atoms in total. The van der Waals surface area contributed by atoms with E-state index in [-0.39, 0.29) is 11.6 Å². The van der Waals surface area contributed by atoms with Crippen molar-refractivity contribution in [2.24, 2.45) is 0 Å². The largest absolute Gasteiger partial charge is 0.338 e. The number of aromatic nitrogens is 4. The molecular formula is C17H27N5O. The second kappa shape index (κ2) is 6.07. The van der Waals surface area contributed by atoms with Gasteiger partial charge in [-0.05, 0) is 47.0 Å². The van der Waals surface area contributed by atoms with Gasteiger partial charge in [-0.15, -0.1) is 0 Å². The Hall–Kier alpha value is -1.69. The minimum absolute atomic E-state index is 0.0175. The Balaban J connectivity index is 1.79. The molecule has 2 atom stereocenters. The van der Waals surface area contributed by atoms with Gasteiger partial charge in [0.25, 0.3) is 0 Å². The molecule has 1 aliphatic rings. The topological polar surface area (TPSA) is 68.8 Å². The van der Waals surface area contributed by atoms with Crippen LogP contribution in [-0.2, 0) is 18.4 Å². The van der Waals surface area contributed by atoms with E-state index in [1.54, 1.807) is 0 Å². The third-order valence-electron chi connectivity index (χ3n) is 4.44. The Morgan fingerprint density at radius 2 is 2.22 bits per heavy atom. The maximum atomic E-state index is 5.36. The average Bonchev–Trinajstić information content (AvgIpc) is 3.13. The average molecular weight is 317 g/mol. The van der Waals surface area contributed by atoms with E-state index in [0.717, 1.165) is 25.1 Å². The lowest BCUT2D eigenvalue weighted by Gasteiger charge is -2.29. The zero-order valence-electron chi connectivity index (χ0n) is 14.8. The van der Waals surface area contributed by atoms with Crippen LogP contribution in [0, 0.1) is 0 Å². The number of aryl methyl sites for hydroxylation is 1. The van der Waals surface area contributed by atoms with Crippen LogP contribution in [0.15, 0.2) is 10.7 Å². The van der Waals surface area contributed by atoms with Gasteiger partial charge in [-0.3, -0.25) is 10.00 Å². The van der Waals surface area contributed by atoms with Crippen molar-refractivity contribution < 1.29 is 4.52 Å². The zero-order valence-corrected chi connectivity index (χ0v) is 14.8. The third kappa shape index (κ3) is 3.17. The van der Waals surface area contributed by atoms with Crippen molar-refractivity contribution in [3.63, 3.8) is 0 Å². The molecule has 2 aromatic rings. The molecule has 0 radical (unpaired) electrons. The normalized spacial score (nSPS) is 19.6. The molecule has 1 aliphatic carbocycles. The number of fused-ring (bicyclic) bond motifs is 1. The van der Waals surface area contributed by atoms with Gasteiger partial charge in [-0.2, -0.15) is 10.1 Å². The number of hydrogen-bond donors (Lipinski definition) is 1. The summed E-state index contributed by atoms with van der Waals surface area (Å²) in [6, 6.07) is 0.332.